The molecule has 0 saturated carbocycles. The summed E-state index contributed by atoms with van der Waals surface area (Å²) in [5.74, 6) is -0.0853. The highest BCUT2D eigenvalue weighted by molar-refractivity contribution is 7.71. The lowest BCUT2D eigenvalue weighted by Gasteiger charge is -2.31. The molecule has 8 heteroatoms. The van der Waals surface area contributed by atoms with Gasteiger partial charge >= 0.3 is 0 Å². The molecule has 2 aromatic heterocycles. The Labute approximate surface area is 155 Å². The predicted octanol–water partition coefficient (Wildman–Crippen LogP) is 2.63. The first kappa shape index (κ1) is 18.1. The fourth-order valence-electron chi connectivity index (χ4n) is 3.12. The minimum Gasteiger partial charge on any atom is -0.338 e. The number of hydrogen-bond acceptors (Lipinski definition) is 4. The van der Waals surface area contributed by atoms with Crippen LogP contribution in [0, 0.1) is 4.64 Å². The van der Waals surface area contributed by atoms with Gasteiger partial charge < -0.3 is 9.47 Å². The number of likely N-dealkylation sites (N-methyl/N-ethyl adjacent to an activating group) is 1. The van der Waals surface area contributed by atoms with E-state index in [1.807, 2.05) is 51.1 Å². The number of nitrogens with one attached hydrogen (secondary N) is 2. The van der Waals surface area contributed by atoms with Crippen LogP contribution in [0.25, 0.3) is 11.0 Å². The average Bonchev–Trinajstić information content (AvgIpc) is 3.00. The third kappa shape index (κ3) is 3.08. The first-order chi connectivity index (χ1) is 12.5. The molecule has 0 saturated heterocycles. The van der Waals surface area contributed by atoms with Gasteiger partial charge in [-0.3, -0.25) is 19.8 Å². The van der Waals surface area contributed by atoms with Crippen LogP contribution in [-0.2, 0) is 4.79 Å². The molecule has 3 aromatic rings. The van der Waals surface area contributed by atoms with Crippen molar-refractivity contribution in [2.24, 2.45) is 0 Å². The SMILES string of the molecule is CCN(C(=O)C(c1ccccc1)n1cnc2[nH][nH]c(=O)c2c1=S)C(C)C. The molecule has 0 radical (unpaired) electrons. The quantitative estimate of drug-likeness (QED) is 0.675. The van der Waals surface area contributed by atoms with E-state index in [0.717, 1.165) is 5.56 Å². The number of carbonyl (C=O) groups is 1. The molecular formula is C18H21N5O2S. The minimum absolute atomic E-state index is 0.0419. The molecule has 0 aliphatic carbocycles. The Bertz CT molecular complexity index is 1030. The van der Waals surface area contributed by atoms with Crippen LogP contribution < -0.4 is 5.56 Å². The fraction of sp³-hybridized carbons (Fsp3) is 0.333. The smallest absolute Gasteiger partial charge is 0.276 e. The summed E-state index contributed by atoms with van der Waals surface area (Å²) in [6, 6.07) is 8.76. The number of benzene rings is 1. The summed E-state index contributed by atoms with van der Waals surface area (Å²) >= 11 is 5.53. The van der Waals surface area contributed by atoms with Crippen molar-refractivity contribution in [3.63, 3.8) is 0 Å². The van der Waals surface area contributed by atoms with E-state index in [1.165, 1.54) is 6.33 Å². The molecule has 0 bridgehead atoms. The number of H-pyrrole nitrogens is 2. The van der Waals surface area contributed by atoms with Crippen molar-refractivity contribution >= 4 is 29.2 Å². The number of aromatic nitrogens is 4. The molecule has 1 amide bonds. The lowest BCUT2D eigenvalue weighted by Crippen LogP contribution is -2.42. The van der Waals surface area contributed by atoms with Gasteiger partial charge in [0.1, 0.15) is 16.1 Å². The van der Waals surface area contributed by atoms with Gasteiger partial charge in [-0.25, -0.2) is 4.98 Å². The van der Waals surface area contributed by atoms with E-state index in [9.17, 15) is 9.59 Å². The number of hydrogen-bond donors (Lipinski definition) is 2. The van der Waals surface area contributed by atoms with Crippen LogP contribution in [0.4, 0.5) is 0 Å². The summed E-state index contributed by atoms with van der Waals surface area (Å²) in [5.41, 5.74) is 0.829. The van der Waals surface area contributed by atoms with Crippen LogP contribution in [0.1, 0.15) is 32.4 Å². The maximum absolute atomic E-state index is 13.4. The third-order valence-corrected chi connectivity index (χ3v) is 4.81. The summed E-state index contributed by atoms with van der Waals surface area (Å²) in [6.45, 7) is 6.47. The second-order valence-corrected chi connectivity index (χ2v) is 6.68. The van der Waals surface area contributed by atoms with Gasteiger partial charge in [-0.1, -0.05) is 42.5 Å². The first-order valence-electron chi connectivity index (χ1n) is 8.48. The maximum atomic E-state index is 13.4. The van der Waals surface area contributed by atoms with Crippen molar-refractivity contribution in [1.82, 2.24) is 24.6 Å². The normalized spacial score (nSPS) is 12.5. The largest absolute Gasteiger partial charge is 0.338 e. The molecule has 0 spiro atoms. The fourth-order valence-corrected chi connectivity index (χ4v) is 3.46. The zero-order valence-corrected chi connectivity index (χ0v) is 15.7. The van der Waals surface area contributed by atoms with Gasteiger partial charge in [0.15, 0.2) is 5.65 Å². The standard InChI is InChI=1S/C18H21N5O2S/c1-4-22(11(2)3)17(25)14(12-8-6-5-7-9-12)23-10-19-15-13(18(23)26)16(24)21-20-15/h5-11,14H,4H2,1-3H3,(H2,20,21,24). The number of rotatable bonds is 5. The van der Waals surface area contributed by atoms with Gasteiger partial charge in [0.2, 0.25) is 0 Å². The Kier molecular flexibility index (Phi) is 5.03. The first-order valence-corrected chi connectivity index (χ1v) is 8.89. The van der Waals surface area contributed by atoms with Crippen molar-refractivity contribution in [3.8, 4) is 0 Å². The van der Waals surface area contributed by atoms with Gasteiger partial charge in [0.25, 0.3) is 11.5 Å². The van der Waals surface area contributed by atoms with Crippen LogP contribution >= 0.6 is 12.2 Å². The highest BCUT2D eigenvalue weighted by atomic mass is 32.1. The molecule has 0 aliphatic heterocycles. The van der Waals surface area contributed by atoms with Crippen molar-refractivity contribution in [3.05, 3.63) is 57.2 Å². The maximum Gasteiger partial charge on any atom is 0.276 e. The molecule has 136 valence electrons. The monoisotopic (exact) mass is 371 g/mol. The molecule has 0 fully saturated rings. The van der Waals surface area contributed by atoms with Gasteiger partial charge in [0, 0.05) is 12.6 Å². The van der Waals surface area contributed by atoms with Gasteiger partial charge in [-0.05, 0) is 26.3 Å². The van der Waals surface area contributed by atoms with Crippen LogP contribution in [0.15, 0.2) is 41.5 Å². The van der Waals surface area contributed by atoms with Gasteiger partial charge in [-0.2, -0.15) is 0 Å². The molecule has 7 nitrogen and oxygen atoms in total. The van der Waals surface area contributed by atoms with Gasteiger partial charge in [-0.15, -0.1) is 0 Å². The molecule has 1 unspecified atom stereocenters. The van der Waals surface area contributed by atoms with E-state index in [4.69, 9.17) is 12.2 Å². The summed E-state index contributed by atoms with van der Waals surface area (Å²) in [6.07, 6.45) is 1.51. The lowest BCUT2D eigenvalue weighted by molar-refractivity contribution is -0.135. The molecule has 26 heavy (non-hydrogen) atoms. The zero-order valence-electron chi connectivity index (χ0n) is 14.9. The second-order valence-electron chi connectivity index (χ2n) is 6.29. The summed E-state index contributed by atoms with van der Waals surface area (Å²) in [7, 11) is 0. The van der Waals surface area contributed by atoms with E-state index in [1.54, 1.807) is 9.47 Å². The number of aromatic amines is 2. The number of carbonyl (C=O) groups excluding carboxylic acids is 1. The molecule has 2 heterocycles. The van der Waals surface area contributed by atoms with Crippen molar-refractivity contribution in [2.75, 3.05) is 6.54 Å². The molecule has 1 aromatic carbocycles. The lowest BCUT2D eigenvalue weighted by atomic mass is 10.0. The molecule has 0 aliphatic rings. The number of fused-ring (bicyclic) bond motifs is 1. The van der Waals surface area contributed by atoms with Crippen LogP contribution in [0.5, 0.6) is 0 Å². The second kappa shape index (κ2) is 7.25. The van der Waals surface area contributed by atoms with Crippen LogP contribution in [0.3, 0.4) is 0 Å². The van der Waals surface area contributed by atoms with E-state index < -0.39 is 6.04 Å². The van der Waals surface area contributed by atoms with Gasteiger partial charge in [0.05, 0.1) is 6.33 Å². The summed E-state index contributed by atoms with van der Waals surface area (Å²) < 4.78 is 1.88. The Morgan fingerprint density at radius 1 is 1.27 bits per heavy atom. The predicted molar refractivity (Wildman–Crippen MR) is 103 cm³/mol. The molecule has 1 atom stereocenters. The Morgan fingerprint density at radius 2 is 1.96 bits per heavy atom. The van der Waals surface area contributed by atoms with E-state index in [-0.39, 0.29) is 27.5 Å². The molecule has 3 rings (SSSR count). The van der Waals surface area contributed by atoms with Crippen molar-refractivity contribution < 1.29 is 4.79 Å². The third-order valence-electron chi connectivity index (χ3n) is 4.39. The van der Waals surface area contributed by atoms with Crippen molar-refractivity contribution in [2.45, 2.75) is 32.9 Å². The van der Waals surface area contributed by atoms with Crippen molar-refractivity contribution in [1.29, 1.82) is 0 Å². The van der Waals surface area contributed by atoms with E-state index >= 15 is 0 Å². The Balaban J connectivity index is 2.24. The topological polar surface area (TPSA) is 86.8 Å². The minimum atomic E-state index is -0.683. The highest BCUT2D eigenvalue weighted by Crippen LogP contribution is 2.23. The molecular weight excluding hydrogens is 350 g/mol. The summed E-state index contributed by atoms with van der Waals surface area (Å²) in [5, 5.41) is 5.46. The Morgan fingerprint density at radius 3 is 2.58 bits per heavy atom. The highest BCUT2D eigenvalue weighted by Gasteiger charge is 2.29. The number of amides is 1. The molecule has 2 N–H and O–H groups in total. The Hall–Kier alpha value is -2.74. The number of nitrogens with zero attached hydrogens (tertiary/aromatic N) is 3. The van der Waals surface area contributed by atoms with E-state index in [2.05, 4.69) is 15.2 Å². The zero-order chi connectivity index (χ0) is 18.8. The average molecular weight is 371 g/mol. The van der Waals surface area contributed by atoms with Crippen LogP contribution in [0.2, 0.25) is 0 Å². The summed E-state index contributed by atoms with van der Waals surface area (Å²) in [4.78, 5) is 31.5. The van der Waals surface area contributed by atoms with E-state index in [0.29, 0.717) is 12.2 Å². The van der Waals surface area contributed by atoms with Crippen LogP contribution in [-0.4, -0.2) is 43.1 Å².